The summed E-state index contributed by atoms with van der Waals surface area (Å²) >= 11 is 0. The van der Waals surface area contributed by atoms with Gasteiger partial charge >= 0.3 is 6.36 Å². The normalized spacial score (nSPS) is 12.7. The summed E-state index contributed by atoms with van der Waals surface area (Å²) in [6.07, 6.45) is -2.60. The number of rotatable bonds is 8. The number of nitrogens with zero attached hydrogens (tertiary/aromatic N) is 1. The van der Waals surface area contributed by atoms with Crippen molar-refractivity contribution in [1.82, 2.24) is 10.3 Å². The van der Waals surface area contributed by atoms with Crippen molar-refractivity contribution in [2.75, 3.05) is 13.2 Å². The van der Waals surface area contributed by atoms with E-state index >= 15 is 0 Å². The lowest BCUT2D eigenvalue weighted by atomic mass is 9.91. The minimum atomic E-state index is -4.76. The molecule has 0 bridgehead atoms. The molecule has 0 radical (unpaired) electrons. The van der Waals surface area contributed by atoms with Gasteiger partial charge in [0.05, 0.1) is 12.1 Å². The Balaban J connectivity index is 2.13. The summed E-state index contributed by atoms with van der Waals surface area (Å²) in [6.45, 7) is 4.11. The first-order valence-electron chi connectivity index (χ1n) is 9.21. The fourth-order valence-electron chi connectivity index (χ4n) is 3.31. The number of nitrogens with one attached hydrogen (secondary N) is 1. The summed E-state index contributed by atoms with van der Waals surface area (Å²) in [5, 5.41) is 23.8. The monoisotopic (exact) mass is 418 g/mol. The van der Waals surface area contributed by atoms with E-state index in [1.807, 2.05) is 12.1 Å². The minimum absolute atomic E-state index is 0.311. The summed E-state index contributed by atoms with van der Waals surface area (Å²) < 4.78 is 41.3. The zero-order valence-corrected chi connectivity index (χ0v) is 16.0. The van der Waals surface area contributed by atoms with Crippen LogP contribution in [0.4, 0.5) is 13.2 Å². The van der Waals surface area contributed by atoms with Crippen molar-refractivity contribution in [3.05, 3.63) is 72.4 Å². The van der Waals surface area contributed by atoms with Crippen LogP contribution in [-0.2, 0) is 6.54 Å². The Hall–Kier alpha value is -2.94. The number of aliphatic hydroxyl groups is 2. The number of hydrogen-bond donors (Lipinski definition) is 3. The standard InChI is InChI=1S/C22H21F3N2O3/c1-2-9-26-12-15-11-18(14-5-7-16(8-6-14)30-22(23,24)25)17-4-3-10-27-21(17)20(15)19(29)13-28/h2-8,10-11,19,26,28-29H,1,9,12-13H2. The average Bonchev–Trinajstić information content (AvgIpc) is 2.72. The van der Waals surface area contributed by atoms with Gasteiger partial charge in [-0.1, -0.05) is 24.3 Å². The highest BCUT2D eigenvalue weighted by atomic mass is 19.4. The van der Waals surface area contributed by atoms with E-state index in [1.165, 1.54) is 24.3 Å². The molecule has 0 spiro atoms. The van der Waals surface area contributed by atoms with E-state index in [-0.39, 0.29) is 5.75 Å². The molecule has 0 amide bonds. The van der Waals surface area contributed by atoms with Gasteiger partial charge in [-0.2, -0.15) is 0 Å². The maximum atomic E-state index is 12.4. The van der Waals surface area contributed by atoms with Gasteiger partial charge < -0.3 is 20.3 Å². The molecule has 8 heteroatoms. The van der Waals surface area contributed by atoms with Crippen LogP contribution in [0, 0.1) is 0 Å². The summed E-state index contributed by atoms with van der Waals surface area (Å²) in [4.78, 5) is 4.40. The maximum absolute atomic E-state index is 12.4. The number of aliphatic hydroxyl groups excluding tert-OH is 2. The van der Waals surface area contributed by atoms with E-state index in [9.17, 15) is 23.4 Å². The van der Waals surface area contributed by atoms with Gasteiger partial charge in [0.1, 0.15) is 11.9 Å². The number of alkyl halides is 3. The Morgan fingerprint density at radius 1 is 1.20 bits per heavy atom. The second-order valence-corrected chi connectivity index (χ2v) is 6.59. The molecule has 0 saturated carbocycles. The van der Waals surface area contributed by atoms with Crippen molar-refractivity contribution in [2.45, 2.75) is 19.0 Å². The van der Waals surface area contributed by atoms with Crippen LogP contribution in [0.5, 0.6) is 5.75 Å². The van der Waals surface area contributed by atoms with E-state index in [0.29, 0.717) is 35.1 Å². The van der Waals surface area contributed by atoms with Crippen molar-refractivity contribution in [3.8, 4) is 16.9 Å². The predicted molar refractivity (Wildman–Crippen MR) is 108 cm³/mol. The van der Waals surface area contributed by atoms with E-state index in [2.05, 4.69) is 21.6 Å². The quantitative estimate of drug-likeness (QED) is 0.379. The number of aromatic nitrogens is 1. The van der Waals surface area contributed by atoms with Crippen molar-refractivity contribution in [2.24, 2.45) is 0 Å². The molecule has 0 aliphatic carbocycles. The molecule has 5 nitrogen and oxygen atoms in total. The molecule has 1 aromatic heterocycles. The number of ether oxygens (including phenoxy) is 1. The van der Waals surface area contributed by atoms with Gasteiger partial charge in [0.2, 0.25) is 0 Å². The fraction of sp³-hybridized carbons (Fsp3) is 0.227. The Morgan fingerprint density at radius 3 is 2.57 bits per heavy atom. The predicted octanol–water partition coefficient (Wildman–Crippen LogP) is 4.10. The Morgan fingerprint density at radius 2 is 1.93 bits per heavy atom. The smallest absolute Gasteiger partial charge is 0.406 e. The highest BCUT2D eigenvalue weighted by Gasteiger charge is 2.31. The molecule has 0 aliphatic rings. The molecule has 0 fully saturated rings. The van der Waals surface area contributed by atoms with E-state index in [4.69, 9.17) is 0 Å². The Bertz CT molecular complexity index is 1020. The SMILES string of the molecule is C=CCNCc1cc(-c2ccc(OC(F)(F)F)cc2)c2cccnc2c1C(O)CO. The molecule has 30 heavy (non-hydrogen) atoms. The van der Waals surface area contributed by atoms with Crippen molar-refractivity contribution >= 4 is 10.9 Å². The number of hydrogen-bond acceptors (Lipinski definition) is 5. The summed E-state index contributed by atoms with van der Waals surface area (Å²) in [5.41, 5.74) is 3.14. The van der Waals surface area contributed by atoms with Crippen LogP contribution in [0.15, 0.2) is 61.3 Å². The first-order valence-corrected chi connectivity index (χ1v) is 9.21. The molecule has 1 heterocycles. The van der Waals surface area contributed by atoms with Crippen LogP contribution in [0.3, 0.4) is 0 Å². The number of fused-ring (bicyclic) bond motifs is 1. The van der Waals surface area contributed by atoms with Gasteiger partial charge in [0.15, 0.2) is 0 Å². The third-order valence-corrected chi connectivity index (χ3v) is 4.53. The Kier molecular flexibility index (Phi) is 6.71. The average molecular weight is 418 g/mol. The van der Waals surface area contributed by atoms with Crippen LogP contribution in [0.1, 0.15) is 17.2 Å². The molecule has 158 valence electrons. The van der Waals surface area contributed by atoms with E-state index in [0.717, 1.165) is 11.1 Å². The topological polar surface area (TPSA) is 74.6 Å². The van der Waals surface area contributed by atoms with E-state index in [1.54, 1.807) is 18.3 Å². The highest BCUT2D eigenvalue weighted by molar-refractivity contribution is 5.97. The van der Waals surface area contributed by atoms with E-state index < -0.39 is 19.1 Å². The number of pyridine rings is 1. The first-order chi connectivity index (χ1) is 14.3. The summed E-state index contributed by atoms with van der Waals surface area (Å²) in [5.74, 6) is -0.311. The van der Waals surface area contributed by atoms with Crippen LogP contribution >= 0.6 is 0 Å². The first kappa shape index (κ1) is 21.8. The third kappa shape index (κ3) is 4.96. The molecule has 3 rings (SSSR count). The van der Waals surface area contributed by atoms with Gasteiger partial charge in [0.25, 0.3) is 0 Å². The maximum Gasteiger partial charge on any atom is 0.573 e. The molecule has 2 aromatic carbocycles. The zero-order chi connectivity index (χ0) is 21.7. The van der Waals surface area contributed by atoms with Gasteiger partial charge in [-0.25, -0.2) is 0 Å². The van der Waals surface area contributed by atoms with Gasteiger partial charge in [-0.3, -0.25) is 4.98 Å². The molecule has 1 unspecified atom stereocenters. The van der Waals surface area contributed by atoms with Gasteiger partial charge in [-0.05, 0) is 41.0 Å². The molecule has 1 atom stereocenters. The molecule has 3 N–H and O–H groups in total. The second-order valence-electron chi connectivity index (χ2n) is 6.59. The number of benzene rings is 2. The lowest BCUT2D eigenvalue weighted by Crippen LogP contribution is -2.17. The molecule has 0 aliphatic heterocycles. The van der Waals surface area contributed by atoms with Crippen LogP contribution in [-0.4, -0.2) is 34.7 Å². The van der Waals surface area contributed by atoms with Crippen molar-refractivity contribution in [3.63, 3.8) is 0 Å². The van der Waals surface area contributed by atoms with Gasteiger partial charge in [-0.15, -0.1) is 19.8 Å². The van der Waals surface area contributed by atoms with Crippen molar-refractivity contribution < 1.29 is 28.1 Å². The highest BCUT2D eigenvalue weighted by Crippen LogP contribution is 2.36. The molecule has 0 saturated heterocycles. The fourth-order valence-corrected chi connectivity index (χ4v) is 3.31. The number of halogens is 3. The minimum Gasteiger partial charge on any atom is -0.406 e. The summed E-state index contributed by atoms with van der Waals surface area (Å²) in [7, 11) is 0. The molecular weight excluding hydrogens is 397 g/mol. The zero-order valence-electron chi connectivity index (χ0n) is 16.0. The van der Waals surface area contributed by atoms with Crippen molar-refractivity contribution in [1.29, 1.82) is 0 Å². The second kappa shape index (κ2) is 9.25. The largest absolute Gasteiger partial charge is 0.573 e. The lowest BCUT2D eigenvalue weighted by Gasteiger charge is -2.19. The third-order valence-electron chi connectivity index (χ3n) is 4.53. The summed E-state index contributed by atoms with van der Waals surface area (Å²) in [6, 6.07) is 10.9. The van der Waals surface area contributed by atoms with Crippen LogP contribution < -0.4 is 10.1 Å². The lowest BCUT2D eigenvalue weighted by molar-refractivity contribution is -0.274. The van der Waals surface area contributed by atoms with Gasteiger partial charge in [0, 0.05) is 30.2 Å². The van der Waals surface area contributed by atoms with Crippen LogP contribution in [0.2, 0.25) is 0 Å². The Labute approximate surface area is 171 Å². The molecular formula is C22H21F3N2O3. The van der Waals surface area contributed by atoms with Crippen LogP contribution in [0.25, 0.3) is 22.0 Å². The molecule has 3 aromatic rings.